The molecule has 8 heteroatoms. The highest BCUT2D eigenvalue weighted by Crippen LogP contribution is 2.36. The number of alkyl halides is 3. The molecule has 1 unspecified atom stereocenters. The van der Waals surface area contributed by atoms with E-state index in [2.05, 4.69) is 10.2 Å². The van der Waals surface area contributed by atoms with E-state index in [1.807, 2.05) is 0 Å². The predicted molar refractivity (Wildman–Crippen MR) is 64.2 cm³/mol. The maximum absolute atomic E-state index is 12.4. The summed E-state index contributed by atoms with van der Waals surface area (Å²) in [5.41, 5.74) is -1.91. The van der Waals surface area contributed by atoms with Gasteiger partial charge in [-0.2, -0.15) is 13.2 Å². The second kappa shape index (κ2) is 4.92. The molecule has 1 aliphatic rings. The molecule has 0 spiro atoms. The van der Waals surface area contributed by atoms with Crippen LogP contribution < -0.4 is 4.90 Å². The molecule has 2 heterocycles. The molecule has 1 aromatic rings. The van der Waals surface area contributed by atoms with Crippen molar-refractivity contribution in [3.63, 3.8) is 0 Å². The summed E-state index contributed by atoms with van der Waals surface area (Å²) in [5, 5.41) is 16.0. The molecule has 2 rings (SSSR count). The van der Waals surface area contributed by atoms with Crippen LogP contribution in [0.3, 0.4) is 0 Å². The third-order valence-electron chi connectivity index (χ3n) is 3.75. The van der Waals surface area contributed by atoms with E-state index < -0.39 is 23.3 Å². The Labute approximate surface area is 113 Å². The molecule has 1 fully saturated rings. The quantitative estimate of drug-likeness (QED) is 0.924. The lowest BCUT2D eigenvalue weighted by Gasteiger charge is -2.23. The minimum Gasteiger partial charge on any atom is -0.481 e. The van der Waals surface area contributed by atoms with Gasteiger partial charge in [-0.15, -0.1) is 10.2 Å². The Kier molecular flexibility index (Phi) is 3.58. The molecule has 0 radical (unpaired) electrons. The minimum absolute atomic E-state index is 0.235. The van der Waals surface area contributed by atoms with Crippen LogP contribution in [0.15, 0.2) is 12.1 Å². The lowest BCUT2D eigenvalue weighted by atomic mass is 9.84. The van der Waals surface area contributed by atoms with Crippen LogP contribution in [-0.2, 0) is 11.0 Å². The molecule has 20 heavy (non-hydrogen) atoms. The molecule has 0 amide bonds. The van der Waals surface area contributed by atoms with Crippen LogP contribution in [-0.4, -0.2) is 34.4 Å². The van der Waals surface area contributed by atoms with Gasteiger partial charge in [0.25, 0.3) is 0 Å². The Morgan fingerprint density at radius 3 is 2.55 bits per heavy atom. The first-order valence-corrected chi connectivity index (χ1v) is 6.18. The Morgan fingerprint density at radius 2 is 2.15 bits per heavy atom. The second-order valence-electron chi connectivity index (χ2n) is 4.89. The number of halogens is 3. The molecular weight excluding hydrogens is 275 g/mol. The minimum atomic E-state index is -4.52. The fraction of sp³-hybridized carbons (Fsp3) is 0.583. The van der Waals surface area contributed by atoms with Gasteiger partial charge in [0.15, 0.2) is 11.5 Å². The number of carboxylic acids is 1. The van der Waals surface area contributed by atoms with Gasteiger partial charge in [0.05, 0.1) is 5.41 Å². The molecule has 0 bridgehead atoms. The van der Waals surface area contributed by atoms with Gasteiger partial charge in [0.2, 0.25) is 0 Å². The molecule has 1 N–H and O–H groups in total. The number of nitrogens with zero attached hydrogens (tertiary/aromatic N) is 3. The number of rotatable bonds is 3. The van der Waals surface area contributed by atoms with Gasteiger partial charge < -0.3 is 10.0 Å². The summed E-state index contributed by atoms with van der Waals surface area (Å²) in [6.07, 6.45) is -3.61. The second-order valence-corrected chi connectivity index (χ2v) is 4.89. The van der Waals surface area contributed by atoms with E-state index >= 15 is 0 Å². The van der Waals surface area contributed by atoms with E-state index in [-0.39, 0.29) is 12.4 Å². The van der Waals surface area contributed by atoms with Gasteiger partial charge in [-0.05, 0) is 25.0 Å². The van der Waals surface area contributed by atoms with Crippen molar-refractivity contribution in [2.45, 2.75) is 25.9 Å². The van der Waals surface area contributed by atoms with E-state index in [1.165, 1.54) is 6.07 Å². The lowest BCUT2D eigenvalue weighted by Crippen LogP contribution is -2.34. The summed E-state index contributed by atoms with van der Waals surface area (Å²) < 4.78 is 37.2. The molecule has 1 saturated heterocycles. The fourth-order valence-corrected chi connectivity index (χ4v) is 2.33. The number of carbonyl (C=O) groups is 1. The maximum Gasteiger partial charge on any atom is 0.435 e. The van der Waals surface area contributed by atoms with E-state index in [9.17, 15) is 23.1 Å². The predicted octanol–water partition coefficient (Wildman–Crippen LogP) is 2.19. The first kappa shape index (κ1) is 14.5. The molecule has 1 aromatic heterocycles. The molecule has 110 valence electrons. The summed E-state index contributed by atoms with van der Waals surface area (Å²) in [6, 6.07) is 2.08. The third-order valence-corrected chi connectivity index (χ3v) is 3.75. The van der Waals surface area contributed by atoms with Gasteiger partial charge in [-0.1, -0.05) is 6.92 Å². The maximum atomic E-state index is 12.4. The largest absolute Gasteiger partial charge is 0.481 e. The third kappa shape index (κ3) is 2.54. The average molecular weight is 289 g/mol. The Bertz CT molecular complexity index is 504. The topological polar surface area (TPSA) is 66.3 Å². The van der Waals surface area contributed by atoms with Gasteiger partial charge in [0.1, 0.15) is 0 Å². The number of carboxylic acid groups (broad SMARTS) is 1. The van der Waals surface area contributed by atoms with Gasteiger partial charge in [-0.25, -0.2) is 0 Å². The molecule has 0 aliphatic carbocycles. The van der Waals surface area contributed by atoms with Crippen LogP contribution in [0.5, 0.6) is 0 Å². The van der Waals surface area contributed by atoms with E-state index in [0.29, 0.717) is 19.4 Å². The number of hydrogen-bond acceptors (Lipinski definition) is 4. The van der Waals surface area contributed by atoms with Crippen molar-refractivity contribution in [2.24, 2.45) is 5.41 Å². The summed E-state index contributed by atoms with van der Waals surface area (Å²) in [5.74, 6) is -0.614. The van der Waals surface area contributed by atoms with Crippen LogP contribution in [0, 0.1) is 5.41 Å². The van der Waals surface area contributed by atoms with Crippen LogP contribution in [0.25, 0.3) is 0 Å². The number of hydrogen-bond donors (Lipinski definition) is 1. The van der Waals surface area contributed by atoms with Crippen LogP contribution in [0.4, 0.5) is 19.0 Å². The summed E-state index contributed by atoms with van der Waals surface area (Å²) in [7, 11) is 0. The molecule has 1 atom stereocenters. The molecule has 5 nitrogen and oxygen atoms in total. The van der Waals surface area contributed by atoms with Gasteiger partial charge in [0, 0.05) is 13.1 Å². The van der Waals surface area contributed by atoms with Crippen molar-refractivity contribution >= 4 is 11.8 Å². The van der Waals surface area contributed by atoms with Gasteiger partial charge in [-0.3, -0.25) is 4.79 Å². The first-order chi connectivity index (χ1) is 9.28. The Balaban J connectivity index is 2.17. The van der Waals surface area contributed by atoms with Crippen molar-refractivity contribution < 1.29 is 23.1 Å². The normalized spacial score (nSPS) is 23.1. The van der Waals surface area contributed by atoms with Crippen molar-refractivity contribution in [3.05, 3.63) is 17.8 Å². The van der Waals surface area contributed by atoms with Crippen molar-refractivity contribution in [1.29, 1.82) is 0 Å². The SMILES string of the molecule is CCC1(C(=O)O)CCN(c2ccc(C(F)(F)F)nn2)C1. The Morgan fingerprint density at radius 1 is 1.45 bits per heavy atom. The molecular formula is C12H14F3N3O2. The monoisotopic (exact) mass is 289 g/mol. The highest BCUT2D eigenvalue weighted by atomic mass is 19.4. The van der Waals surface area contributed by atoms with Crippen molar-refractivity contribution in [1.82, 2.24) is 10.2 Å². The first-order valence-electron chi connectivity index (χ1n) is 6.18. The van der Waals surface area contributed by atoms with Crippen LogP contribution in [0.2, 0.25) is 0 Å². The van der Waals surface area contributed by atoms with E-state index in [4.69, 9.17) is 0 Å². The zero-order chi connectivity index (χ0) is 15.0. The smallest absolute Gasteiger partial charge is 0.435 e. The molecule has 0 aromatic carbocycles. The fourth-order valence-electron chi connectivity index (χ4n) is 2.33. The van der Waals surface area contributed by atoms with Crippen molar-refractivity contribution in [3.8, 4) is 0 Å². The number of aliphatic carboxylic acids is 1. The van der Waals surface area contributed by atoms with Crippen LogP contribution >= 0.6 is 0 Å². The summed E-state index contributed by atoms with van der Waals surface area (Å²) >= 11 is 0. The van der Waals surface area contributed by atoms with E-state index in [1.54, 1.807) is 11.8 Å². The number of aromatic nitrogens is 2. The molecule has 0 saturated carbocycles. The lowest BCUT2D eigenvalue weighted by molar-refractivity contribution is -0.147. The summed E-state index contributed by atoms with van der Waals surface area (Å²) in [6.45, 7) is 2.47. The average Bonchev–Trinajstić information content (AvgIpc) is 2.83. The Hall–Kier alpha value is -1.86. The van der Waals surface area contributed by atoms with Crippen molar-refractivity contribution in [2.75, 3.05) is 18.0 Å². The zero-order valence-electron chi connectivity index (χ0n) is 10.8. The highest BCUT2D eigenvalue weighted by Gasteiger charge is 2.44. The zero-order valence-corrected chi connectivity index (χ0v) is 10.8. The molecule has 1 aliphatic heterocycles. The van der Waals surface area contributed by atoms with Crippen LogP contribution in [0.1, 0.15) is 25.5 Å². The van der Waals surface area contributed by atoms with E-state index in [0.717, 1.165) is 6.07 Å². The summed E-state index contributed by atoms with van der Waals surface area (Å²) in [4.78, 5) is 13.0. The van der Waals surface area contributed by atoms with Gasteiger partial charge >= 0.3 is 12.1 Å². The standard InChI is InChI=1S/C12H14F3N3O2/c1-2-11(10(19)20)5-6-18(7-11)9-4-3-8(16-17-9)12(13,14)15/h3-4H,2,5-7H2,1H3,(H,19,20). The number of anilines is 1. The highest BCUT2D eigenvalue weighted by molar-refractivity contribution is 5.76.